The first-order chi connectivity index (χ1) is 8.14. The highest BCUT2D eigenvalue weighted by molar-refractivity contribution is 7.09. The molecule has 1 unspecified atom stereocenters. The van der Waals surface area contributed by atoms with E-state index in [-0.39, 0.29) is 5.54 Å². The predicted molar refractivity (Wildman–Crippen MR) is 71.2 cm³/mol. The predicted octanol–water partition coefficient (Wildman–Crippen LogP) is 2.72. The minimum Gasteiger partial charge on any atom is -0.300 e. The monoisotopic (exact) mass is 268 g/mol. The summed E-state index contributed by atoms with van der Waals surface area (Å²) in [5.41, 5.74) is 1.99. The zero-order chi connectivity index (χ0) is 12.3. The third kappa shape index (κ3) is 2.88. The molecular weight excluding hydrogens is 252 g/mol. The summed E-state index contributed by atoms with van der Waals surface area (Å²) >= 11 is 3.09. The normalized spacial score (nSPS) is 14.8. The van der Waals surface area contributed by atoms with Gasteiger partial charge in [0, 0.05) is 23.0 Å². The molecule has 2 rings (SSSR count). The van der Waals surface area contributed by atoms with E-state index in [1.165, 1.54) is 11.5 Å². The lowest BCUT2D eigenvalue weighted by Crippen LogP contribution is -2.38. The Morgan fingerprint density at radius 2 is 2.24 bits per heavy atom. The standard InChI is InChI=1S/C11H16N4S2/c1-4-11(3,10-13-8(2)6-16-10)12-5-9-7-17-15-14-9/h6-7,12H,4-5H2,1-3H3. The van der Waals surface area contributed by atoms with Crippen molar-refractivity contribution in [3.8, 4) is 0 Å². The largest absolute Gasteiger partial charge is 0.300 e. The average Bonchev–Trinajstić information content (AvgIpc) is 2.97. The first kappa shape index (κ1) is 12.6. The van der Waals surface area contributed by atoms with E-state index >= 15 is 0 Å². The maximum atomic E-state index is 4.58. The summed E-state index contributed by atoms with van der Waals surface area (Å²) in [5.74, 6) is 0. The van der Waals surface area contributed by atoms with E-state index in [1.807, 2.05) is 12.3 Å². The van der Waals surface area contributed by atoms with Crippen LogP contribution in [0.25, 0.3) is 0 Å². The van der Waals surface area contributed by atoms with E-state index in [1.54, 1.807) is 11.3 Å². The van der Waals surface area contributed by atoms with Crippen molar-refractivity contribution < 1.29 is 0 Å². The number of nitrogens with zero attached hydrogens (tertiary/aromatic N) is 3. The van der Waals surface area contributed by atoms with E-state index in [0.717, 1.165) is 29.4 Å². The number of thiazole rings is 1. The molecule has 0 aliphatic heterocycles. The highest BCUT2D eigenvalue weighted by atomic mass is 32.1. The summed E-state index contributed by atoms with van der Waals surface area (Å²) in [7, 11) is 0. The van der Waals surface area contributed by atoms with Crippen molar-refractivity contribution in [2.24, 2.45) is 0 Å². The van der Waals surface area contributed by atoms with Gasteiger partial charge in [-0.3, -0.25) is 5.32 Å². The fraction of sp³-hybridized carbons (Fsp3) is 0.545. The molecule has 0 bridgehead atoms. The fourth-order valence-electron chi connectivity index (χ4n) is 1.51. The molecule has 92 valence electrons. The summed E-state index contributed by atoms with van der Waals surface area (Å²) < 4.78 is 3.86. The molecule has 0 aliphatic rings. The van der Waals surface area contributed by atoms with Crippen LogP contribution in [0.2, 0.25) is 0 Å². The van der Waals surface area contributed by atoms with Gasteiger partial charge in [0.25, 0.3) is 0 Å². The lowest BCUT2D eigenvalue weighted by molar-refractivity contribution is 0.347. The van der Waals surface area contributed by atoms with Gasteiger partial charge < -0.3 is 0 Å². The van der Waals surface area contributed by atoms with Crippen molar-refractivity contribution >= 4 is 22.9 Å². The number of nitrogens with one attached hydrogen (secondary N) is 1. The van der Waals surface area contributed by atoms with Gasteiger partial charge in [-0.25, -0.2) is 4.98 Å². The SMILES string of the molecule is CCC(C)(NCc1csnn1)c1nc(C)cs1. The maximum absolute atomic E-state index is 4.58. The Morgan fingerprint density at radius 1 is 1.41 bits per heavy atom. The molecule has 2 aromatic heterocycles. The third-order valence-electron chi connectivity index (χ3n) is 2.86. The van der Waals surface area contributed by atoms with Gasteiger partial charge >= 0.3 is 0 Å². The van der Waals surface area contributed by atoms with Crippen molar-refractivity contribution in [2.45, 2.75) is 39.3 Å². The molecule has 17 heavy (non-hydrogen) atoms. The van der Waals surface area contributed by atoms with E-state index in [0.29, 0.717) is 0 Å². The summed E-state index contributed by atoms with van der Waals surface area (Å²) in [6.07, 6.45) is 0.998. The van der Waals surface area contributed by atoms with Crippen LogP contribution < -0.4 is 5.32 Å². The smallest absolute Gasteiger partial charge is 0.113 e. The Morgan fingerprint density at radius 3 is 2.76 bits per heavy atom. The summed E-state index contributed by atoms with van der Waals surface area (Å²) in [4.78, 5) is 4.58. The molecular formula is C11H16N4S2. The van der Waals surface area contributed by atoms with Gasteiger partial charge in [-0.05, 0) is 31.8 Å². The van der Waals surface area contributed by atoms with E-state index < -0.39 is 0 Å². The van der Waals surface area contributed by atoms with E-state index in [9.17, 15) is 0 Å². The van der Waals surface area contributed by atoms with Crippen molar-refractivity contribution in [3.05, 3.63) is 27.2 Å². The minimum atomic E-state index is -0.0808. The van der Waals surface area contributed by atoms with Gasteiger partial charge in [-0.2, -0.15) is 0 Å². The summed E-state index contributed by atoms with van der Waals surface area (Å²) in [6.45, 7) is 7.12. The van der Waals surface area contributed by atoms with Crippen molar-refractivity contribution in [3.63, 3.8) is 0 Å². The third-order valence-corrected chi connectivity index (χ3v) is 4.64. The molecule has 2 aromatic rings. The zero-order valence-corrected chi connectivity index (χ0v) is 11.9. The second-order valence-electron chi connectivity index (χ2n) is 4.23. The van der Waals surface area contributed by atoms with Gasteiger partial charge in [0.15, 0.2) is 0 Å². The first-order valence-corrected chi connectivity index (χ1v) is 7.29. The van der Waals surface area contributed by atoms with Crippen LogP contribution in [0, 0.1) is 6.92 Å². The molecule has 0 saturated carbocycles. The Bertz CT molecular complexity index is 466. The second kappa shape index (κ2) is 5.20. The van der Waals surface area contributed by atoms with Crippen LogP contribution >= 0.6 is 22.9 Å². The number of hydrogen-bond acceptors (Lipinski definition) is 6. The Balaban J connectivity index is 2.09. The number of aryl methyl sites for hydroxylation is 1. The molecule has 1 N–H and O–H groups in total. The molecule has 1 atom stereocenters. The van der Waals surface area contributed by atoms with Gasteiger partial charge in [0.1, 0.15) is 5.01 Å². The summed E-state index contributed by atoms with van der Waals surface area (Å²) in [5, 5.41) is 12.8. The van der Waals surface area contributed by atoms with Crippen molar-refractivity contribution in [1.29, 1.82) is 0 Å². The average molecular weight is 268 g/mol. The zero-order valence-electron chi connectivity index (χ0n) is 10.2. The Labute approximate surface area is 109 Å². The molecule has 0 amide bonds. The molecule has 0 aliphatic carbocycles. The highest BCUT2D eigenvalue weighted by Crippen LogP contribution is 2.27. The lowest BCUT2D eigenvalue weighted by atomic mass is 10.00. The van der Waals surface area contributed by atoms with E-state index in [4.69, 9.17) is 0 Å². The Kier molecular flexibility index (Phi) is 3.86. The molecule has 0 radical (unpaired) electrons. The van der Waals surface area contributed by atoms with Crippen LogP contribution in [0.4, 0.5) is 0 Å². The number of hydrogen-bond donors (Lipinski definition) is 1. The first-order valence-electron chi connectivity index (χ1n) is 5.57. The van der Waals surface area contributed by atoms with Crippen LogP contribution in [-0.4, -0.2) is 14.6 Å². The minimum absolute atomic E-state index is 0.0808. The molecule has 0 spiro atoms. The van der Waals surface area contributed by atoms with E-state index in [2.05, 4.69) is 39.1 Å². The van der Waals surface area contributed by atoms with Crippen LogP contribution in [0.5, 0.6) is 0 Å². The van der Waals surface area contributed by atoms with Gasteiger partial charge in [-0.15, -0.1) is 16.4 Å². The van der Waals surface area contributed by atoms with Crippen LogP contribution in [0.1, 0.15) is 36.7 Å². The van der Waals surface area contributed by atoms with Crippen LogP contribution in [0.3, 0.4) is 0 Å². The molecule has 6 heteroatoms. The molecule has 4 nitrogen and oxygen atoms in total. The molecule has 0 saturated heterocycles. The van der Waals surface area contributed by atoms with Gasteiger partial charge in [0.2, 0.25) is 0 Å². The second-order valence-corrected chi connectivity index (χ2v) is 5.70. The van der Waals surface area contributed by atoms with Gasteiger partial charge in [-0.1, -0.05) is 11.4 Å². The van der Waals surface area contributed by atoms with Crippen molar-refractivity contribution in [1.82, 2.24) is 19.9 Å². The van der Waals surface area contributed by atoms with Crippen LogP contribution in [0.15, 0.2) is 10.8 Å². The van der Waals surface area contributed by atoms with Crippen LogP contribution in [-0.2, 0) is 12.1 Å². The Hall–Kier alpha value is -0.850. The number of aromatic nitrogens is 3. The highest BCUT2D eigenvalue weighted by Gasteiger charge is 2.27. The van der Waals surface area contributed by atoms with Gasteiger partial charge in [0.05, 0.1) is 11.2 Å². The van der Waals surface area contributed by atoms with Crippen molar-refractivity contribution in [2.75, 3.05) is 0 Å². The summed E-state index contributed by atoms with van der Waals surface area (Å²) in [6, 6.07) is 0. The number of rotatable bonds is 5. The fourth-order valence-corrected chi connectivity index (χ4v) is 2.97. The molecule has 2 heterocycles. The maximum Gasteiger partial charge on any atom is 0.113 e. The molecule has 0 aromatic carbocycles. The quantitative estimate of drug-likeness (QED) is 0.906. The lowest BCUT2D eigenvalue weighted by Gasteiger charge is -2.27. The topological polar surface area (TPSA) is 50.7 Å². The molecule has 0 fully saturated rings.